The van der Waals surface area contributed by atoms with Gasteiger partial charge in [0.2, 0.25) is 0 Å². The summed E-state index contributed by atoms with van der Waals surface area (Å²) in [6.07, 6.45) is 7.85. The predicted octanol–water partition coefficient (Wildman–Crippen LogP) is 2.40. The van der Waals surface area contributed by atoms with Gasteiger partial charge in [-0.3, -0.25) is 4.79 Å². The van der Waals surface area contributed by atoms with Gasteiger partial charge < -0.3 is 15.8 Å². The van der Waals surface area contributed by atoms with E-state index in [2.05, 4.69) is 15.3 Å². The number of hydrogen-bond acceptors (Lipinski definition) is 5. The number of amides is 1. The van der Waals surface area contributed by atoms with E-state index in [-0.39, 0.29) is 23.4 Å². The molecule has 0 unspecified atom stereocenters. The van der Waals surface area contributed by atoms with Gasteiger partial charge in [-0.2, -0.15) is 0 Å². The van der Waals surface area contributed by atoms with E-state index in [1.165, 1.54) is 12.8 Å². The number of nitrogen functional groups attached to an aromatic ring is 1. The van der Waals surface area contributed by atoms with Crippen LogP contribution in [-0.4, -0.2) is 34.1 Å². The lowest BCUT2D eigenvalue weighted by Crippen LogP contribution is -2.46. The van der Waals surface area contributed by atoms with Crippen LogP contribution in [0.5, 0.6) is 0 Å². The largest absolute Gasteiger partial charge is 0.383 e. The van der Waals surface area contributed by atoms with Crippen LogP contribution in [0.4, 0.5) is 5.82 Å². The Morgan fingerprint density at radius 2 is 2.09 bits per heavy atom. The number of anilines is 1. The minimum absolute atomic E-state index is 0.0974. The summed E-state index contributed by atoms with van der Waals surface area (Å²) in [6.45, 7) is 4.74. The quantitative estimate of drug-likeness (QED) is 0.893. The van der Waals surface area contributed by atoms with Crippen molar-refractivity contribution >= 4 is 11.7 Å². The number of nitrogens with one attached hydrogen (secondary N) is 1. The summed E-state index contributed by atoms with van der Waals surface area (Å²) in [4.78, 5) is 21.2. The number of hydrogen-bond donors (Lipinski definition) is 2. The van der Waals surface area contributed by atoms with E-state index in [9.17, 15) is 4.79 Å². The molecule has 1 atom stereocenters. The summed E-state index contributed by atoms with van der Waals surface area (Å²) in [5.41, 5.74) is 6.18. The molecule has 2 aliphatic rings. The van der Waals surface area contributed by atoms with Crippen LogP contribution in [0.25, 0.3) is 0 Å². The van der Waals surface area contributed by atoms with Crippen LogP contribution in [0, 0.1) is 0 Å². The smallest absolute Gasteiger partial charge is 0.256 e. The monoisotopic (exact) mass is 318 g/mol. The number of nitrogens with two attached hydrogens (primary N) is 1. The Morgan fingerprint density at radius 1 is 1.35 bits per heavy atom. The van der Waals surface area contributed by atoms with Gasteiger partial charge in [0.1, 0.15) is 11.6 Å². The number of carbonyl (C=O) groups is 1. The molecule has 2 heterocycles. The minimum Gasteiger partial charge on any atom is -0.383 e. The number of aromatic nitrogens is 2. The number of ether oxygens (including phenoxy) is 1. The molecule has 3 rings (SSSR count). The first-order valence-corrected chi connectivity index (χ1v) is 8.52. The normalized spacial score (nSPS) is 24.5. The van der Waals surface area contributed by atoms with Crippen molar-refractivity contribution in [2.45, 2.75) is 69.9 Å². The van der Waals surface area contributed by atoms with E-state index in [4.69, 9.17) is 10.5 Å². The summed E-state index contributed by atoms with van der Waals surface area (Å²) < 4.78 is 5.68. The lowest BCUT2D eigenvalue weighted by Gasteiger charge is -2.35. The van der Waals surface area contributed by atoms with Gasteiger partial charge in [-0.15, -0.1) is 0 Å². The zero-order valence-corrected chi connectivity index (χ0v) is 14.0. The third kappa shape index (κ3) is 3.80. The van der Waals surface area contributed by atoms with E-state index in [1.807, 2.05) is 13.8 Å². The summed E-state index contributed by atoms with van der Waals surface area (Å²) in [5.74, 6) is 1.27. The SMILES string of the molecule is CC1(C)C[C@H](NC(=O)c2cnc(C3CCCC3)nc2N)CCO1. The molecule has 23 heavy (non-hydrogen) atoms. The summed E-state index contributed by atoms with van der Waals surface area (Å²) >= 11 is 0. The molecule has 1 aliphatic heterocycles. The van der Waals surface area contributed by atoms with Gasteiger partial charge >= 0.3 is 0 Å². The zero-order valence-electron chi connectivity index (χ0n) is 14.0. The average Bonchev–Trinajstić information content (AvgIpc) is 3.00. The average molecular weight is 318 g/mol. The van der Waals surface area contributed by atoms with Crippen LogP contribution >= 0.6 is 0 Å². The molecule has 0 radical (unpaired) electrons. The fourth-order valence-electron chi connectivity index (χ4n) is 3.58. The van der Waals surface area contributed by atoms with Crippen molar-refractivity contribution < 1.29 is 9.53 Å². The minimum atomic E-state index is -0.204. The second-order valence-corrected chi connectivity index (χ2v) is 7.28. The Hall–Kier alpha value is -1.69. The number of carbonyl (C=O) groups excluding carboxylic acids is 1. The standard InChI is InChI=1S/C17H26N4O2/c1-17(2)9-12(7-8-23-17)20-16(22)13-10-19-15(21-14(13)18)11-5-3-4-6-11/h10-12H,3-9H2,1-2H3,(H,20,22)(H2,18,19,21)/t12-/m1/s1. The summed E-state index contributed by atoms with van der Waals surface area (Å²) in [7, 11) is 0. The van der Waals surface area contributed by atoms with Crippen molar-refractivity contribution in [3.63, 3.8) is 0 Å². The highest BCUT2D eigenvalue weighted by Gasteiger charge is 2.30. The summed E-state index contributed by atoms with van der Waals surface area (Å²) in [6, 6.07) is 0.0974. The van der Waals surface area contributed by atoms with E-state index >= 15 is 0 Å². The van der Waals surface area contributed by atoms with Crippen LogP contribution in [-0.2, 0) is 4.74 Å². The molecule has 1 aliphatic carbocycles. The lowest BCUT2D eigenvalue weighted by atomic mass is 9.94. The molecule has 1 aromatic rings. The Balaban J connectivity index is 1.67. The van der Waals surface area contributed by atoms with Crippen molar-refractivity contribution in [3.8, 4) is 0 Å². The molecule has 0 bridgehead atoms. The maximum atomic E-state index is 12.5. The molecular weight excluding hydrogens is 292 g/mol. The fraction of sp³-hybridized carbons (Fsp3) is 0.706. The molecular formula is C17H26N4O2. The van der Waals surface area contributed by atoms with Crippen molar-refractivity contribution in [2.75, 3.05) is 12.3 Å². The van der Waals surface area contributed by atoms with E-state index in [1.54, 1.807) is 6.20 Å². The fourth-order valence-corrected chi connectivity index (χ4v) is 3.58. The maximum Gasteiger partial charge on any atom is 0.256 e. The molecule has 3 N–H and O–H groups in total. The highest BCUT2D eigenvalue weighted by molar-refractivity contribution is 5.98. The first-order valence-electron chi connectivity index (χ1n) is 8.52. The topological polar surface area (TPSA) is 90.1 Å². The third-order valence-corrected chi connectivity index (χ3v) is 4.83. The van der Waals surface area contributed by atoms with E-state index in [0.717, 1.165) is 31.5 Å². The van der Waals surface area contributed by atoms with Crippen molar-refractivity contribution in [2.24, 2.45) is 0 Å². The Morgan fingerprint density at radius 3 is 2.74 bits per heavy atom. The van der Waals surface area contributed by atoms with Crippen molar-refractivity contribution in [1.29, 1.82) is 0 Å². The van der Waals surface area contributed by atoms with Crippen LogP contribution in [0.15, 0.2) is 6.20 Å². The highest BCUT2D eigenvalue weighted by Crippen LogP contribution is 2.32. The second-order valence-electron chi connectivity index (χ2n) is 7.28. The van der Waals surface area contributed by atoms with Crippen LogP contribution < -0.4 is 11.1 Å². The van der Waals surface area contributed by atoms with Crippen molar-refractivity contribution in [3.05, 3.63) is 17.6 Å². The van der Waals surface area contributed by atoms with Crippen LogP contribution in [0.1, 0.15) is 74.5 Å². The van der Waals surface area contributed by atoms with Gasteiger partial charge in [0.05, 0.1) is 11.2 Å². The first-order chi connectivity index (χ1) is 10.9. The van der Waals surface area contributed by atoms with Gasteiger partial charge in [0, 0.05) is 24.8 Å². The Labute approximate surface area is 137 Å². The van der Waals surface area contributed by atoms with Gasteiger partial charge in [-0.05, 0) is 39.5 Å². The predicted molar refractivity (Wildman–Crippen MR) is 88.2 cm³/mol. The molecule has 0 aromatic carbocycles. The van der Waals surface area contributed by atoms with E-state index in [0.29, 0.717) is 18.1 Å². The first kappa shape index (κ1) is 16.2. The molecule has 1 saturated heterocycles. The van der Waals surface area contributed by atoms with Gasteiger partial charge in [0.15, 0.2) is 0 Å². The third-order valence-electron chi connectivity index (χ3n) is 4.83. The molecule has 126 valence electrons. The number of rotatable bonds is 3. The maximum absolute atomic E-state index is 12.5. The van der Waals surface area contributed by atoms with Crippen LogP contribution in [0.2, 0.25) is 0 Å². The summed E-state index contributed by atoms with van der Waals surface area (Å²) in [5, 5.41) is 3.04. The Bertz CT molecular complexity index is 582. The van der Waals surface area contributed by atoms with Gasteiger partial charge in [0.25, 0.3) is 5.91 Å². The molecule has 6 nitrogen and oxygen atoms in total. The zero-order chi connectivity index (χ0) is 16.4. The molecule has 0 spiro atoms. The Kier molecular flexibility index (Phi) is 4.53. The van der Waals surface area contributed by atoms with Crippen molar-refractivity contribution in [1.82, 2.24) is 15.3 Å². The highest BCUT2D eigenvalue weighted by atomic mass is 16.5. The number of nitrogens with zero attached hydrogens (tertiary/aromatic N) is 2. The molecule has 1 aromatic heterocycles. The molecule has 6 heteroatoms. The van der Waals surface area contributed by atoms with Gasteiger partial charge in [-0.25, -0.2) is 9.97 Å². The van der Waals surface area contributed by atoms with E-state index < -0.39 is 0 Å². The molecule has 1 amide bonds. The molecule has 1 saturated carbocycles. The van der Waals surface area contributed by atoms with Gasteiger partial charge in [-0.1, -0.05) is 12.8 Å². The second kappa shape index (κ2) is 6.43. The van der Waals surface area contributed by atoms with Crippen LogP contribution in [0.3, 0.4) is 0 Å². The molecule has 2 fully saturated rings. The lowest BCUT2D eigenvalue weighted by molar-refractivity contribution is -0.0615.